The molecule has 0 aromatic carbocycles. The van der Waals surface area contributed by atoms with Crippen LogP contribution in [-0.4, -0.2) is 41.5 Å². The molecule has 0 aromatic rings. The predicted molar refractivity (Wildman–Crippen MR) is 73.8 cm³/mol. The molecule has 0 aliphatic carbocycles. The zero-order valence-corrected chi connectivity index (χ0v) is 12.0. The van der Waals surface area contributed by atoms with Crippen molar-refractivity contribution in [3.05, 3.63) is 0 Å². The Morgan fingerprint density at radius 1 is 1.47 bits per heavy atom. The zero-order chi connectivity index (χ0) is 14.3. The summed E-state index contributed by atoms with van der Waals surface area (Å²) in [5.74, 6) is 0.0898. The minimum absolute atomic E-state index is 0.00980. The van der Waals surface area contributed by atoms with Gasteiger partial charge in [0.25, 0.3) is 0 Å². The molecule has 19 heavy (non-hydrogen) atoms. The van der Waals surface area contributed by atoms with E-state index in [1.165, 1.54) is 0 Å². The van der Waals surface area contributed by atoms with Crippen molar-refractivity contribution in [2.24, 2.45) is 0 Å². The summed E-state index contributed by atoms with van der Waals surface area (Å²) in [6.07, 6.45) is 4.16. The molecule has 1 fully saturated rings. The number of hydrogen-bond acceptors (Lipinski definition) is 4. The van der Waals surface area contributed by atoms with E-state index in [2.05, 4.69) is 10.6 Å². The first-order valence-corrected chi connectivity index (χ1v) is 7.12. The highest BCUT2D eigenvalue weighted by Crippen LogP contribution is 2.12. The van der Waals surface area contributed by atoms with Crippen LogP contribution in [0.4, 0.5) is 0 Å². The van der Waals surface area contributed by atoms with Crippen molar-refractivity contribution < 1.29 is 14.7 Å². The molecule has 1 unspecified atom stereocenters. The Morgan fingerprint density at radius 3 is 2.89 bits per heavy atom. The number of aliphatic hydroxyl groups is 1. The van der Waals surface area contributed by atoms with E-state index in [0.717, 1.165) is 19.3 Å². The Morgan fingerprint density at radius 2 is 2.21 bits per heavy atom. The van der Waals surface area contributed by atoms with E-state index in [4.69, 9.17) is 5.11 Å². The highest BCUT2D eigenvalue weighted by atomic mass is 16.3. The minimum Gasteiger partial charge on any atom is -0.396 e. The third-order valence-electron chi connectivity index (χ3n) is 3.58. The summed E-state index contributed by atoms with van der Waals surface area (Å²) in [5, 5.41) is 15.0. The number of carbonyl (C=O) groups is 2. The van der Waals surface area contributed by atoms with Crippen molar-refractivity contribution in [3.8, 4) is 0 Å². The number of carbonyl (C=O) groups excluding carboxylic acids is 2. The number of Topliss-reactive ketones (excluding diaryl/α,β-unsaturated/α-hetero) is 1. The first kappa shape index (κ1) is 16.1. The average molecular weight is 270 g/mol. The van der Waals surface area contributed by atoms with Gasteiger partial charge in [0.05, 0.1) is 6.04 Å². The summed E-state index contributed by atoms with van der Waals surface area (Å²) in [7, 11) is 0. The van der Waals surface area contributed by atoms with Crippen LogP contribution < -0.4 is 10.6 Å². The molecule has 5 heteroatoms. The van der Waals surface area contributed by atoms with Crippen LogP contribution in [0.15, 0.2) is 0 Å². The molecule has 0 bridgehead atoms. The Kier molecular flexibility index (Phi) is 6.45. The number of aliphatic hydroxyl groups excluding tert-OH is 1. The topological polar surface area (TPSA) is 78.4 Å². The molecular weight excluding hydrogens is 244 g/mol. The summed E-state index contributed by atoms with van der Waals surface area (Å²) in [4.78, 5) is 23.4. The average Bonchev–Trinajstić information content (AvgIpc) is 2.53. The molecule has 1 amide bonds. The molecule has 1 aliphatic heterocycles. The Hall–Kier alpha value is -0.940. The van der Waals surface area contributed by atoms with Gasteiger partial charge in [-0.1, -0.05) is 6.42 Å². The molecule has 1 saturated heterocycles. The number of nitrogens with one attached hydrogen (secondary N) is 2. The van der Waals surface area contributed by atoms with Crippen molar-refractivity contribution in [2.75, 3.05) is 13.2 Å². The van der Waals surface area contributed by atoms with Crippen molar-refractivity contribution in [3.63, 3.8) is 0 Å². The SMILES string of the molecule is CC(C)(CCO)NCCC(=O)C1CCCCC(=O)N1. The lowest BCUT2D eigenvalue weighted by Gasteiger charge is -2.25. The van der Waals surface area contributed by atoms with Gasteiger partial charge >= 0.3 is 0 Å². The first-order valence-electron chi connectivity index (χ1n) is 7.12. The van der Waals surface area contributed by atoms with Gasteiger partial charge in [0.2, 0.25) is 5.91 Å². The standard InChI is InChI=1S/C14H26N2O3/c1-14(2,8-10-17)15-9-7-12(18)11-5-3-4-6-13(19)16-11/h11,15,17H,3-10H2,1-2H3,(H,16,19). The normalized spacial score (nSPS) is 20.8. The molecule has 0 spiro atoms. The van der Waals surface area contributed by atoms with Crippen LogP contribution in [0, 0.1) is 0 Å². The third-order valence-corrected chi connectivity index (χ3v) is 3.58. The molecule has 1 aliphatic rings. The molecule has 1 rings (SSSR count). The lowest BCUT2D eigenvalue weighted by molar-refractivity contribution is -0.127. The van der Waals surface area contributed by atoms with Gasteiger partial charge in [0, 0.05) is 31.5 Å². The van der Waals surface area contributed by atoms with Crippen LogP contribution in [0.3, 0.4) is 0 Å². The molecule has 3 N–H and O–H groups in total. The van der Waals surface area contributed by atoms with Gasteiger partial charge in [0.1, 0.15) is 0 Å². The van der Waals surface area contributed by atoms with Gasteiger partial charge in [-0.05, 0) is 33.1 Å². The smallest absolute Gasteiger partial charge is 0.220 e. The van der Waals surface area contributed by atoms with Gasteiger partial charge in [0.15, 0.2) is 5.78 Å². The Balaban J connectivity index is 2.32. The molecule has 0 aromatic heterocycles. The van der Waals surface area contributed by atoms with E-state index in [-0.39, 0.29) is 29.9 Å². The summed E-state index contributed by atoms with van der Waals surface area (Å²) in [5.41, 5.74) is -0.165. The van der Waals surface area contributed by atoms with Crippen LogP contribution in [0.2, 0.25) is 0 Å². The van der Waals surface area contributed by atoms with Crippen LogP contribution >= 0.6 is 0 Å². The summed E-state index contributed by atoms with van der Waals surface area (Å²) in [6, 6.07) is -0.308. The lowest BCUT2D eigenvalue weighted by Crippen LogP contribution is -2.44. The fourth-order valence-electron chi connectivity index (χ4n) is 2.28. The quantitative estimate of drug-likeness (QED) is 0.638. The minimum atomic E-state index is -0.308. The monoisotopic (exact) mass is 270 g/mol. The van der Waals surface area contributed by atoms with E-state index in [9.17, 15) is 9.59 Å². The van der Waals surface area contributed by atoms with Crippen molar-refractivity contribution in [1.29, 1.82) is 0 Å². The van der Waals surface area contributed by atoms with Crippen molar-refractivity contribution in [1.82, 2.24) is 10.6 Å². The number of amides is 1. The maximum atomic E-state index is 12.0. The van der Waals surface area contributed by atoms with Gasteiger partial charge < -0.3 is 15.7 Å². The molecular formula is C14H26N2O3. The first-order chi connectivity index (χ1) is 8.94. The van der Waals surface area contributed by atoms with Crippen LogP contribution in [0.5, 0.6) is 0 Å². The molecule has 1 atom stereocenters. The molecule has 1 heterocycles. The molecule has 0 saturated carbocycles. The number of rotatable bonds is 7. The third kappa shape index (κ3) is 6.16. The fourth-order valence-corrected chi connectivity index (χ4v) is 2.28. The van der Waals surface area contributed by atoms with Crippen molar-refractivity contribution >= 4 is 11.7 Å². The largest absolute Gasteiger partial charge is 0.396 e. The van der Waals surface area contributed by atoms with Gasteiger partial charge in [-0.3, -0.25) is 9.59 Å². The molecule has 0 radical (unpaired) electrons. The van der Waals surface area contributed by atoms with Gasteiger partial charge in [-0.15, -0.1) is 0 Å². The van der Waals surface area contributed by atoms with E-state index in [1.54, 1.807) is 0 Å². The Labute approximate surface area is 115 Å². The van der Waals surface area contributed by atoms with Crippen molar-refractivity contribution in [2.45, 2.75) is 64.0 Å². The van der Waals surface area contributed by atoms with E-state index < -0.39 is 0 Å². The maximum absolute atomic E-state index is 12.0. The van der Waals surface area contributed by atoms with E-state index in [0.29, 0.717) is 25.8 Å². The second kappa shape index (κ2) is 7.60. The highest BCUT2D eigenvalue weighted by molar-refractivity contribution is 5.89. The van der Waals surface area contributed by atoms with E-state index in [1.807, 2.05) is 13.8 Å². The number of ketones is 1. The number of hydrogen-bond donors (Lipinski definition) is 3. The summed E-state index contributed by atoms with van der Waals surface area (Å²) in [6.45, 7) is 4.72. The summed E-state index contributed by atoms with van der Waals surface area (Å²) >= 11 is 0. The summed E-state index contributed by atoms with van der Waals surface area (Å²) < 4.78 is 0. The van der Waals surface area contributed by atoms with Gasteiger partial charge in [-0.2, -0.15) is 0 Å². The fraction of sp³-hybridized carbons (Fsp3) is 0.857. The van der Waals surface area contributed by atoms with E-state index >= 15 is 0 Å². The van der Waals surface area contributed by atoms with Crippen LogP contribution in [0.1, 0.15) is 52.4 Å². The Bertz CT molecular complexity index is 316. The second-order valence-corrected chi connectivity index (χ2v) is 5.87. The second-order valence-electron chi connectivity index (χ2n) is 5.87. The predicted octanol–water partition coefficient (Wildman–Crippen LogP) is 0.755. The lowest BCUT2D eigenvalue weighted by atomic mass is 10.00. The van der Waals surface area contributed by atoms with Crippen LogP contribution in [0.25, 0.3) is 0 Å². The zero-order valence-electron chi connectivity index (χ0n) is 12.0. The highest BCUT2D eigenvalue weighted by Gasteiger charge is 2.23. The maximum Gasteiger partial charge on any atom is 0.220 e. The molecule has 110 valence electrons. The molecule has 5 nitrogen and oxygen atoms in total. The van der Waals surface area contributed by atoms with Crippen LogP contribution in [-0.2, 0) is 9.59 Å². The van der Waals surface area contributed by atoms with Gasteiger partial charge in [-0.25, -0.2) is 0 Å².